The Morgan fingerprint density at radius 2 is 1.51 bits per heavy atom. The Morgan fingerprint density at radius 1 is 0.951 bits per heavy atom. The number of carbonyl (C=O) groups is 2. The zero-order valence-electron chi connectivity index (χ0n) is 23.8. The summed E-state index contributed by atoms with van der Waals surface area (Å²) in [4.78, 5) is 41.3. The highest BCUT2D eigenvalue weighted by Gasteiger charge is 2.22. The van der Waals surface area contributed by atoms with Gasteiger partial charge in [0, 0.05) is 50.6 Å². The molecule has 2 aliphatic heterocycles. The van der Waals surface area contributed by atoms with Gasteiger partial charge >= 0.3 is 11.6 Å². The lowest BCUT2D eigenvalue weighted by atomic mass is 10.0. The largest absolute Gasteiger partial charge is 0.465 e. The molecular formula is C30H41N5O6. The fraction of sp³-hybridized carbons (Fsp3) is 0.433. The number of esters is 1. The number of carbonyl (C=O) groups excluding carboxylic acids is 2. The SMILES string of the molecule is CCOC(=O)C(C=O)c1ccc(N2CCN(C)CC2)cc1.NO.O=c1o[nH]cc1-c1ccc(N2CCCCC2)cc1. The molecule has 0 bridgehead atoms. The van der Waals surface area contributed by atoms with Crippen molar-refractivity contribution in [3.63, 3.8) is 0 Å². The van der Waals surface area contributed by atoms with Crippen molar-refractivity contribution < 1.29 is 24.1 Å². The Labute approximate surface area is 240 Å². The van der Waals surface area contributed by atoms with E-state index in [-0.39, 0.29) is 12.2 Å². The molecule has 0 aliphatic carbocycles. The summed E-state index contributed by atoms with van der Waals surface area (Å²) in [7, 11) is 2.12. The smallest absolute Gasteiger partial charge is 0.364 e. The molecule has 2 saturated heterocycles. The summed E-state index contributed by atoms with van der Waals surface area (Å²) in [5.74, 6) is 2.19. The van der Waals surface area contributed by atoms with Gasteiger partial charge in [-0.25, -0.2) is 15.8 Å². The first-order chi connectivity index (χ1) is 20.0. The van der Waals surface area contributed by atoms with Crippen molar-refractivity contribution in [1.29, 1.82) is 0 Å². The number of ether oxygens (including phenoxy) is 1. The highest BCUT2D eigenvalue weighted by atomic mass is 16.5. The molecule has 1 aromatic heterocycles. The molecule has 222 valence electrons. The van der Waals surface area contributed by atoms with E-state index in [1.54, 1.807) is 13.1 Å². The van der Waals surface area contributed by atoms with Crippen molar-refractivity contribution in [3.8, 4) is 11.1 Å². The monoisotopic (exact) mass is 567 g/mol. The van der Waals surface area contributed by atoms with Crippen molar-refractivity contribution in [2.24, 2.45) is 5.90 Å². The number of likely N-dealkylation sites (N-methyl/N-ethyl adjacent to an activating group) is 1. The standard InChI is InChI=1S/C16H22N2O3.C14H16N2O2.H3NO/c1-3-21-16(20)15(12-19)13-4-6-14(7-5-13)18-10-8-17(2)9-11-18;17-14-13(10-15-18-14)11-4-6-12(7-5-11)16-8-2-1-3-9-16;1-2/h4-7,12,15H,3,8-11H2,1-2H3;4-7,10,15H,1-3,8-9H2;2H,1H2. The van der Waals surface area contributed by atoms with Gasteiger partial charge in [0.2, 0.25) is 0 Å². The van der Waals surface area contributed by atoms with Crippen molar-refractivity contribution in [2.75, 3.05) is 62.7 Å². The highest BCUT2D eigenvalue weighted by molar-refractivity contribution is 5.94. The van der Waals surface area contributed by atoms with E-state index in [0.717, 1.165) is 50.5 Å². The van der Waals surface area contributed by atoms with Gasteiger partial charge in [-0.1, -0.05) is 24.3 Å². The number of piperidine rings is 1. The number of aromatic nitrogens is 1. The lowest BCUT2D eigenvalue weighted by Crippen LogP contribution is -2.44. The van der Waals surface area contributed by atoms with Crippen LogP contribution in [0.5, 0.6) is 0 Å². The first-order valence-corrected chi connectivity index (χ1v) is 13.9. The minimum Gasteiger partial charge on any atom is -0.465 e. The number of H-pyrrole nitrogens is 1. The van der Waals surface area contributed by atoms with Crippen LogP contribution >= 0.6 is 0 Å². The third-order valence-corrected chi connectivity index (χ3v) is 7.27. The summed E-state index contributed by atoms with van der Waals surface area (Å²) in [6.07, 6.45) is 6.10. The van der Waals surface area contributed by atoms with Gasteiger partial charge in [0.15, 0.2) is 0 Å². The van der Waals surface area contributed by atoms with Gasteiger partial charge in [0.05, 0.1) is 18.4 Å². The molecule has 0 amide bonds. The topological polar surface area (TPSA) is 145 Å². The van der Waals surface area contributed by atoms with Crippen molar-refractivity contribution >= 4 is 23.6 Å². The third-order valence-electron chi connectivity index (χ3n) is 7.27. The number of aldehydes is 1. The number of rotatable bonds is 7. The van der Waals surface area contributed by atoms with Gasteiger partial charge in [0.1, 0.15) is 12.2 Å². The number of nitrogens with one attached hydrogen (secondary N) is 1. The molecule has 5 rings (SSSR count). The summed E-state index contributed by atoms with van der Waals surface area (Å²) in [5.41, 5.74) is 4.20. The maximum atomic E-state index is 11.7. The molecule has 0 radical (unpaired) electrons. The highest BCUT2D eigenvalue weighted by Crippen LogP contribution is 2.24. The quantitative estimate of drug-likeness (QED) is 0.168. The van der Waals surface area contributed by atoms with Gasteiger partial charge in [-0.3, -0.25) is 4.79 Å². The molecule has 0 saturated carbocycles. The minimum absolute atomic E-state index is 0.280. The predicted molar refractivity (Wildman–Crippen MR) is 158 cm³/mol. The fourth-order valence-electron chi connectivity index (χ4n) is 4.92. The Bertz CT molecular complexity index is 1240. The van der Waals surface area contributed by atoms with Crippen molar-refractivity contribution in [3.05, 3.63) is 70.7 Å². The normalized spacial score (nSPS) is 16.0. The van der Waals surface area contributed by atoms with Crippen molar-refractivity contribution in [1.82, 2.24) is 10.1 Å². The maximum Gasteiger partial charge on any atom is 0.364 e. The van der Waals surface area contributed by atoms with Crippen LogP contribution in [0.1, 0.15) is 37.7 Å². The van der Waals surface area contributed by atoms with E-state index in [1.165, 1.54) is 24.9 Å². The Hall–Kier alpha value is -3.93. The van der Waals surface area contributed by atoms with Gasteiger partial charge in [-0.2, -0.15) is 0 Å². The van der Waals surface area contributed by atoms with Crippen molar-refractivity contribution in [2.45, 2.75) is 32.1 Å². The number of aromatic amines is 1. The number of hydrogen-bond acceptors (Lipinski definition) is 10. The molecule has 3 aromatic rings. The van der Waals surface area contributed by atoms with Crippen LogP contribution in [-0.2, 0) is 14.3 Å². The minimum atomic E-state index is -0.827. The number of anilines is 2. The second-order valence-corrected chi connectivity index (χ2v) is 9.91. The number of piperazine rings is 1. The molecule has 2 aromatic carbocycles. The molecule has 2 fully saturated rings. The van der Waals surface area contributed by atoms with Crippen LogP contribution in [0, 0.1) is 0 Å². The van der Waals surface area contributed by atoms with E-state index >= 15 is 0 Å². The second kappa shape index (κ2) is 16.4. The van der Waals surface area contributed by atoms with Crippen LogP contribution in [0.2, 0.25) is 0 Å². The first-order valence-electron chi connectivity index (χ1n) is 13.9. The van der Waals surface area contributed by atoms with Crippen LogP contribution < -0.4 is 21.3 Å². The maximum absolute atomic E-state index is 11.7. The predicted octanol–water partition coefficient (Wildman–Crippen LogP) is 3.24. The number of nitrogens with zero attached hydrogens (tertiary/aromatic N) is 3. The first kappa shape index (κ1) is 31.6. The lowest BCUT2D eigenvalue weighted by Gasteiger charge is -2.34. The molecule has 0 spiro atoms. The number of benzene rings is 2. The molecule has 4 N–H and O–H groups in total. The summed E-state index contributed by atoms with van der Waals surface area (Å²) in [5, 5.41) is 8.98. The van der Waals surface area contributed by atoms with Crippen LogP contribution in [-0.4, -0.2) is 80.4 Å². The molecule has 3 heterocycles. The van der Waals surface area contributed by atoms with Crippen LogP contribution in [0.4, 0.5) is 11.4 Å². The molecule has 1 unspecified atom stereocenters. The third kappa shape index (κ3) is 8.78. The van der Waals surface area contributed by atoms with E-state index in [1.807, 2.05) is 36.4 Å². The Balaban J connectivity index is 0.000000214. The van der Waals surface area contributed by atoms with Gasteiger partial charge in [-0.05, 0) is 68.6 Å². The summed E-state index contributed by atoms with van der Waals surface area (Å²) < 4.78 is 9.60. The molecule has 2 aliphatic rings. The van der Waals surface area contributed by atoms with Gasteiger partial charge < -0.3 is 34.0 Å². The lowest BCUT2D eigenvalue weighted by molar-refractivity contribution is -0.146. The van der Waals surface area contributed by atoms with Crippen LogP contribution in [0.3, 0.4) is 0 Å². The van der Waals surface area contributed by atoms with Gasteiger partial charge in [-0.15, -0.1) is 0 Å². The number of nitrogens with two attached hydrogens (primary N) is 1. The summed E-state index contributed by atoms with van der Waals surface area (Å²) >= 11 is 0. The number of hydrogen-bond donors (Lipinski definition) is 3. The molecule has 11 heteroatoms. The van der Waals surface area contributed by atoms with E-state index < -0.39 is 11.9 Å². The fourth-order valence-corrected chi connectivity index (χ4v) is 4.92. The average molecular weight is 568 g/mol. The van der Waals surface area contributed by atoms with Gasteiger partial charge in [0.25, 0.3) is 0 Å². The molecule has 1 atom stereocenters. The van der Waals surface area contributed by atoms with E-state index in [4.69, 9.17) is 9.94 Å². The Kier molecular flexibility index (Phi) is 12.6. The summed E-state index contributed by atoms with van der Waals surface area (Å²) in [6, 6.07) is 15.7. The van der Waals surface area contributed by atoms with E-state index in [9.17, 15) is 14.4 Å². The van der Waals surface area contributed by atoms with E-state index in [2.05, 4.69) is 49.5 Å². The summed E-state index contributed by atoms with van der Waals surface area (Å²) in [6.45, 7) is 8.34. The van der Waals surface area contributed by atoms with Crippen LogP contribution in [0.25, 0.3) is 11.1 Å². The van der Waals surface area contributed by atoms with Crippen LogP contribution in [0.15, 0.2) is 64.0 Å². The Morgan fingerprint density at radius 3 is 2.02 bits per heavy atom. The molecule has 11 nitrogen and oxygen atoms in total. The second-order valence-electron chi connectivity index (χ2n) is 9.91. The van der Waals surface area contributed by atoms with E-state index in [0.29, 0.717) is 17.4 Å². The molecule has 41 heavy (non-hydrogen) atoms. The zero-order chi connectivity index (χ0) is 29.6. The average Bonchev–Trinajstić information content (AvgIpc) is 3.46. The zero-order valence-corrected chi connectivity index (χ0v) is 23.8. The molecular weight excluding hydrogens is 526 g/mol.